The number of ether oxygens (including phenoxy) is 1. The lowest BCUT2D eigenvalue weighted by Crippen LogP contribution is -2.07. The predicted molar refractivity (Wildman–Crippen MR) is 140 cm³/mol. The SMILES string of the molecule is CCOC(=O)CCCCCNc1cc(Nc2ncc(C(=O)Cc3c(C)cccc3Cl)s2)nc(C)n1. The molecule has 0 radical (unpaired) electrons. The first-order valence-corrected chi connectivity index (χ1v) is 12.8. The average molecular weight is 516 g/mol. The Morgan fingerprint density at radius 3 is 2.69 bits per heavy atom. The predicted octanol–water partition coefficient (Wildman–Crippen LogP) is 5.91. The smallest absolute Gasteiger partial charge is 0.305 e. The van der Waals surface area contributed by atoms with E-state index in [1.807, 2.05) is 39.0 Å². The lowest BCUT2D eigenvalue weighted by Gasteiger charge is -2.09. The van der Waals surface area contributed by atoms with Gasteiger partial charge in [0.2, 0.25) is 0 Å². The van der Waals surface area contributed by atoms with Gasteiger partial charge in [-0.3, -0.25) is 9.59 Å². The molecule has 35 heavy (non-hydrogen) atoms. The molecule has 0 fully saturated rings. The van der Waals surface area contributed by atoms with Crippen molar-refractivity contribution in [2.45, 2.75) is 52.9 Å². The molecule has 2 heterocycles. The van der Waals surface area contributed by atoms with Crippen LogP contribution in [0, 0.1) is 13.8 Å². The van der Waals surface area contributed by atoms with E-state index >= 15 is 0 Å². The van der Waals surface area contributed by atoms with Gasteiger partial charge in [-0.25, -0.2) is 15.0 Å². The fraction of sp³-hybridized carbons (Fsp3) is 0.400. The summed E-state index contributed by atoms with van der Waals surface area (Å²) in [6.07, 6.45) is 4.89. The number of benzene rings is 1. The number of rotatable bonds is 13. The Morgan fingerprint density at radius 2 is 1.91 bits per heavy atom. The van der Waals surface area contributed by atoms with Crippen molar-refractivity contribution < 1.29 is 14.3 Å². The number of nitrogens with zero attached hydrogens (tertiary/aromatic N) is 3. The van der Waals surface area contributed by atoms with Crippen molar-refractivity contribution in [3.8, 4) is 0 Å². The van der Waals surface area contributed by atoms with E-state index in [0.717, 1.165) is 36.9 Å². The number of halogens is 1. The Hall–Kier alpha value is -3.04. The van der Waals surface area contributed by atoms with Crippen LogP contribution in [0.25, 0.3) is 0 Å². The van der Waals surface area contributed by atoms with Gasteiger partial charge < -0.3 is 15.4 Å². The monoisotopic (exact) mass is 515 g/mol. The van der Waals surface area contributed by atoms with Gasteiger partial charge in [0.05, 0.1) is 17.7 Å². The molecule has 10 heteroatoms. The highest BCUT2D eigenvalue weighted by atomic mass is 35.5. The first-order chi connectivity index (χ1) is 16.9. The van der Waals surface area contributed by atoms with E-state index in [0.29, 0.717) is 45.5 Å². The molecular formula is C25H30ClN5O3S. The molecule has 186 valence electrons. The van der Waals surface area contributed by atoms with Gasteiger partial charge in [0.15, 0.2) is 10.9 Å². The van der Waals surface area contributed by atoms with Crippen LogP contribution < -0.4 is 10.6 Å². The first kappa shape index (κ1) is 26.6. The second kappa shape index (κ2) is 13.2. The molecule has 3 aromatic rings. The van der Waals surface area contributed by atoms with E-state index < -0.39 is 0 Å². The third-order valence-corrected chi connectivity index (χ3v) is 6.52. The Kier molecular flexibility index (Phi) is 9.98. The molecule has 0 saturated carbocycles. The molecule has 8 nitrogen and oxygen atoms in total. The maximum Gasteiger partial charge on any atom is 0.305 e. The van der Waals surface area contributed by atoms with E-state index in [4.69, 9.17) is 16.3 Å². The van der Waals surface area contributed by atoms with Crippen LogP contribution in [0.4, 0.5) is 16.8 Å². The van der Waals surface area contributed by atoms with Gasteiger partial charge in [0.1, 0.15) is 17.5 Å². The van der Waals surface area contributed by atoms with Crippen LogP contribution in [0.5, 0.6) is 0 Å². The minimum Gasteiger partial charge on any atom is -0.466 e. The Labute approximate surface area is 214 Å². The maximum atomic E-state index is 12.8. The van der Waals surface area contributed by atoms with Crippen LogP contribution in [0.2, 0.25) is 5.02 Å². The van der Waals surface area contributed by atoms with Crippen LogP contribution in [0.1, 0.15) is 59.2 Å². The molecule has 0 amide bonds. The number of thiazole rings is 1. The number of hydrogen-bond acceptors (Lipinski definition) is 9. The van der Waals surface area contributed by atoms with Gasteiger partial charge in [-0.05, 0) is 50.8 Å². The standard InChI is InChI=1S/C25H30ClN5O3S/c1-4-34-24(33)11-6-5-7-12-27-22-14-23(30-17(3)29-22)31-25-28-15-21(35-25)20(32)13-18-16(2)9-8-10-19(18)26/h8-10,14-15H,4-7,11-13H2,1-3H3,(H2,27,28,29,30,31). The molecule has 3 rings (SSSR count). The maximum absolute atomic E-state index is 12.8. The van der Waals surface area contributed by atoms with Crippen LogP contribution in [0.3, 0.4) is 0 Å². The van der Waals surface area contributed by atoms with Crippen LogP contribution in [-0.4, -0.2) is 39.9 Å². The number of aromatic nitrogens is 3. The zero-order valence-corrected chi connectivity index (χ0v) is 21.8. The molecule has 0 aliphatic carbocycles. The number of ketones is 1. The summed E-state index contributed by atoms with van der Waals surface area (Å²) in [5.41, 5.74) is 1.83. The summed E-state index contributed by atoms with van der Waals surface area (Å²) < 4.78 is 4.94. The van der Waals surface area contributed by atoms with E-state index in [-0.39, 0.29) is 18.2 Å². The molecule has 0 spiro atoms. The topological polar surface area (TPSA) is 106 Å². The van der Waals surface area contributed by atoms with Crippen molar-refractivity contribution in [2.24, 2.45) is 0 Å². The van der Waals surface area contributed by atoms with Gasteiger partial charge in [0, 0.05) is 30.5 Å². The van der Waals surface area contributed by atoms with Crippen LogP contribution in [0.15, 0.2) is 30.5 Å². The normalized spacial score (nSPS) is 10.7. The fourth-order valence-corrected chi connectivity index (χ4v) is 4.50. The highest BCUT2D eigenvalue weighted by Gasteiger charge is 2.15. The van der Waals surface area contributed by atoms with Crippen molar-refractivity contribution >= 4 is 51.5 Å². The highest BCUT2D eigenvalue weighted by molar-refractivity contribution is 7.17. The molecule has 2 aromatic heterocycles. The average Bonchev–Trinajstić information content (AvgIpc) is 3.27. The summed E-state index contributed by atoms with van der Waals surface area (Å²) in [5.74, 6) is 1.73. The fourth-order valence-electron chi connectivity index (χ4n) is 3.45. The van der Waals surface area contributed by atoms with E-state index in [1.165, 1.54) is 11.3 Å². The van der Waals surface area contributed by atoms with Crippen LogP contribution in [-0.2, 0) is 16.0 Å². The Balaban J connectivity index is 1.52. The zero-order valence-electron chi connectivity index (χ0n) is 20.2. The summed E-state index contributed by atoms with van der Waals surface area (Å²) >= 11 is 7.55. The van der Waals surface area contributed by atoms with Crippen molar-refractivity contribution in [1.82, 2.24) is 15.0 Å². The van der Waals surface area contributed by atoms with E-state index in [2.05, 4.69) is 25.6 Å². The van der Waals surface area contributed by atoms with Crippen molar-refractivity contribution in [3.63, 3.8) is 0 Å². The molecule has 1 aromatic carbocycles. The lowest BCUT2D eigenvalue weighted by atomic mass is 10.0. The molecule has 0 aliphatic heterocycles. The van der Waals surface area contributed by atoms with Gasteiger partial charge in [-0.2, -0.15) is 0 Å². The van der Waals surface area contributed by atoms with Gasteiger partial charge in [-0.15, -0.1) is 0 Å². The first-order valence-electron chi connectivity index (χ1n) is 11.6. The second-order valence-corrected chi connectivity index (χ2v) is 9.46. The number of esters is 1. The number of hydrogen-bond donors (Lipinski definition) is 2. The molecule has 2 N–H and O–H groups in total. The number of aryl methyl sites for hydroxylation is 2. The zero-order chi connectivity index (χ0) is 25.2. The Bertz CT molecular complexity index is 1150. The number of carbonyl (C=O) groups is 2. The van der Waals surface area contributed by atoms with E-state index in [9.17, 15) is 9.59 Å². The number of anilines is 3. The van der Waals surface area contributed by atoms with E-state index in [1.54, 1.807) is 12.3 Å². The third-order valence-electron chi connectivity index (χ3n) is 5.21. The minimum absolute atomic E-state index is 0.0315. The molecule has 0 atom stereocenters. The molecular weight excluding hydrogens is 486 g/mol. The summed E-state index contributed by atoms with van der Waals surface area (Å²) in [5, 5.41) is 7.63. The van der Waals surface area contributed by atoms with Gasteiger partial charge in [0.25, 0.3) is 0 Å². The van der Waals surface area contributed by atoms with Crippen molar-refractivity contribution in [1.29, 1.82) is 0 Å². The molecule has 0 saturated heterocycles. The summed E-state index contributed by atoms with van der Waals surface area (Å²) in [4.78, 5) is 37.9. The van der Waals surface area contributed by atoms with Crippen molar-refractivity contribution in [2.75, 3.05) is 23.8 Å². The second-order valence-electron chi connectivity index (χ2n) is 8.02. The number of Topliss-reactive ketones (excluding diaryl/α,β-unsaturated/α-hetero) is 1. The summed E-state index contributed by atoms with van der Waals surface area (Å²) in [6, 6.07) is 7.42. The highest BCUT2D eigenvalue weighted by Crippen LogP contribution is 2.26. The molecule has 0 unspecified atom stereocenters. The number of nitrogens with one attached hydrogen (secondary N) is 2. The number of unbranched alkanes of at least 4 members (excludes halogenated alkanes) is 2. The van der Waals surface area contributed by atoms with Gasteiger partial charge in [-0.1, -0.05) is 41.5 Å². The van der Waals surface area contributed by atoms with Gasteiger partial charge >= 0.3 is 5.97 Å². The molecule has 0 aliphatic rings. The Morgan fingerprint density at radius 1 is 1.11 bits per heavy atom. The summed E-state index contributed by atoms with van der Waals surface area (Å²) in [7, 11) is 0. The number of carbonyl (C=O) groups excluding carboxylic acids is 2. The summed E-state index contributed by atoms with van der Waals surface area (Å²) in [6.45, 7) is 6.73. The molecule has 0 bridgehead atoms. The third kappa shape index (κ3) is 8.29. The largest absolute Gasteiger partial charge is 0.466 e. The quantitative estimate of drug-likeness (QED) is 0.164. The minimum atomic E-state index is -0.145. The van der Waals surface area contributed by atoms with Crippen LogP contribution >= 0.6 is 22.9 Å². The lowest BCUT2D eigenvalue weighted by molar-refractivity contribution is -0.143. The van der Waals surface area contributed by atoms with Crippen molar-refractivity contribution in [3.05, 3.63) is 57.3 Å².